The van der Waals surface area contributed by atoms with Gasteiger partial charge in [-0.3, -0.25) is 4.79 Å². The van der Waals surface area contributed by atoms with Crippen molar-refractivity contribution in [2.45, 2.75) is 12.3 Å². The number of carboxylic acid groups (broad SMARTS) is 1. The summed E-state index contributed by atoms with van der Waals surface area (Å²) in [6.07, 6.45) is 0.207. The Morgan fingerprint density at radius 3 is 2.41 bits per heavy atom. The standard InChI is InChI=1S/C22H17NO5S/c1-28-22(27)14-9-7-12(8-10-14)15-11-16(24)23-18-17(13-5-3-2-4-6-13)20(21(25)26)29-19(15)18/h2-10,15H,11H2,1H3,(H,23,24)(H,25,26)/t15-/m0/s1. The fourth-order valence-electron chi connectivity index (χ4n) is 3.56. The van der Waals surface area contributed by atoms with Gasteiger partial charge in [0.05, 0.1) is 18.4 Å². The Morgan fingerprint density at radius 1 is 1.10 bits per heavy atom. The molecule has 0 spiro atoms. The minimum absolute atomic E-state index is 0.175. The first-order valence-corrected chi connectivity index (χ1v) is 9.74. The number of benzene rings is 2. The number of anilines is 1. The van der Waals surface area contributed by atoms with Gasteiger partial charge in [-0.1, -0.05) is 42.5 Å². The Kier molecular flexibility index (Phi) is 4.90. The van der Waals surface area contributed by atoms with Gasteiger partial charge in [0.15, 0.2) is 0 Å². The molecule has 6 nitrogen and oxygen atoms in total. The zero-order valence-corrected chi connectivity index (χ0v) is 16.3. The van der Waals surface area contributed by atoms with Crippen LogP contribution in [0.1, 0.15) is 42.8 Å². The van der Waals surface area contributed by atoms with E-state index in [1.54, 1.807) is 24.3 Å². The fraction of sp³-hybridized carbons (Fsp3) is 0.136. The maximum absolute atomic E-state index is 12.5. The molecular formula is C22H17NO5S. The monoisotopic (exact) mass is 407 g/mol. The van der Waals surface area contributed by atoms with Crippen molar-refractivity contribution < 1.29 is 24.2 Å². The summed E-state index contributed by atoms with van der Waals surface area (Å²) >= 11 is 1.18. The number of hydrogen-bond donors (Lipinski definition) is 2. The Hall–Kier alpha value is -3.45. The van der Waals surface area contributed by atoms with E-state index in [9.17, 15) is 19.5 Å². The highest BCUT2D eigenvalue weighted by molar-refractivity contribution is 7.15. The second kappa shape index (κ2) is 7.52. The van der Waals surface area contributed by atoms with Gasteiger partial charge in [-0.2, -0.15) is 0 Å². The fourth-order valence-corrected chi connectivity index (χ4v) is 4.80. The quantitative estimate of drug-likeness (QED) is 0.627. The summed E-state index contributed by atoms with van der Waals surface area (Å²) in [4.78, 5) is 37.1. The molecule has 0 saturated heterocycles. The molecule has 0 aliphatic carbocycles. The third kappa shape index (κ3) is 3.40. The number of aromatic carboxylic acids is 1. The van der Waals surface area contributed by atoms with Gasteiger partial charge in [-0.15, -0.1) is 11.3 Å². The molecule has 146 valence electrons. The van der Waals surface area contributed by atoms with Gasteiger partial charge in [-0.05, 0) is 23.3 Å². The van der Waals surface area contributed by atoms with Crippen LogP contribution in [0.2, 0.25) is 0 Å². The van der Waals surface area contributed by atoms with E-state index in [4.69, 9.17) is 4.74 Å². The van der Waals surface area contributed by atoms with Crippen LogP contribution in [0.3, 0.4) is 0 Å². The number of esters is 1. The van der Waals surface area contributed by atoms with Gasteiger partial charge in [0.25, 0.3) is 0 Å². The van der Waals surface area contributed by atoms with E-state index in [-0.39, 0.29) is 23.1 Å². The zero-order chi connectivity index (χ0) is 20.5. The van der Waals surface area contributed by atoms with Gasteiger partial charge in [-0.25, -0.2) is 9.59 Å². The van der Waals surface area contributed by atoms with E-state index in [0.717, 1.165) is 16.0 Å². The highest BCUT2D eigenvalue weighted by atomic mass is 32.1. The smallest absolute Gasteiger partial charge is 0.346 e. The number of methoxy groups -OCH3 is 1. The van der Waals surface area contributed by atoms with E-state index in [1.165, 1.54) is 18.4 Å². The van der Waals surface area contributed by atoms with Crippen molar-refractivity contribution in [2.75, 3.05) is 12.4 Å². The second-order valence-corrected chi connectivity index (χ2v) is 7.69. The summed E-state index contributed by atoms with van der Waals surface area (Å²) in [6.45, 7) is 0. The van der Waals surface area contributed by atoms with Crippen molar-refractivity contribution in [3.05, 3.63) is 75.5 Å². The minimum atomic E-state index is -1.03. The molecule has 0 bridgehead atoms. The highest BCUT2D eigenvalue weighted by Crippen LogP contribution is 2.49. The molecule has 1 aliphatic rings. The molecule has 0 radical (unpaired) electrons. The Morgan fingerprint density at radius 2 is 1.79 bits per heavy atom. The second-order valence-electron chi connectivity index (χ2n) is 6.64. The number of hydrogen-bond acceptors (Lipinski definition) is 5. The van der Waals surface area contributed by atoms with E-state index < -0.39 is 11.9 Å². The van der Waals surface area contributed by atoms with Gasteiger partial charge < -0.3 is 15.2 Å². The molecular weight excluding hydrogens is 390 g/mol. The molecule has 29 heavy (non-hydrogen) atoms. The number of carbonyl (C=O) groups is 3. The molecule has 4 rings (SSSR count). The molecule has 3 aromatic rings. The van der Waals surface area contributed by atoms with Crippen LogP contribution in [0.5, 0.6) is 0 Å². The lowest BCUT2D eigenvalue weighted by molar-refractivity contribution is -0.116. The maximum Gasteiger partial charge on any atom is 0.346 e. The van der Waals surface area contributed by atoms with E-state index in [0.29, 0.717) is 16.8 Å². The van der Waals surface area contributed by atoms with Crippen molar-refractivity contribution in [3.63, 3.8) is 0 Å². The van der Waals surface area contributed by atoms with Crippen LogP contribution in [0.25, 0.3) is 11.1 Å². The topological polar surface area (TPSA) is 92.7 Å². The van der Waals surface area contributed by atoms with Crippen LogP contribution in [0.4, 0.5) is 5.69 Å². The Bertz CT molecular complexity index is 1100. The largest absolute Gasteiger partial charge is 0.477 e. The number of rotatable bonds is 4. The van der Waals surface area contributed by atoms with Crippen LogP contribution in [0, 0.1) is 0 Å². The zero-order valence-electron chi connectivity index (χ0n) is 15.5. The molecule has 1 amide bonds. The van der Waals surface area contributed by atoms with Gasteiger partial charge in [0.1, 0.15) is 4.88 Å². The molecule has 0 unspecified atom stereocenters. The summed E-state index contributed by atoms with van der Waals surface area (Å²) in [5.41, 5.74) is 3.08. The molecule has 1 atom stereocenters. The van der Waals surface area contributed by atoms with Gasteiger partial charge in [0, 0.05) is 22.8 Å². The number of carbonyl (C=O) groups excluding carboxylic acids is 2. The number of nitrogens with one attached hydrogen (secondary N) is 1. The third-order valence-electron chi connectivity index (χ3n) is 4.90. The normalized spacial score (nSPS) is 15.3. The first-order valence-electron chi connectivity index (χ1n) is 8.93. The first kappa shape index (κ1) is 18.9. The third-order valence-corrected chi connectivity index (χ3v) is 6.19. The summed E-state index contributed by atoms with van der Waals surface area (Å²) in [5, 5.41) is 12.6. The van der Waals surface area contributed by atoms with Crippen molar-refractivity contribution in [2.24, 2.45) is 0 Å². The molecule has 1 aliphatic heterocycles. The summed E-state index contributed by atoms with van der Waals surface area (Å²) < 4.78 is 4.72. The van der Waals surface area contributed by atoms with Crippen LogP contribution in [-0.2, 0) is 9.53 Å². The number of fused-ring (bicyclic) bond motifs is 1. The number of thiophene rings is 1. The van der Waals surface area contributed by atoms with Crippen LogP contribution in [-0.4, -0.2) is 30.1 Å². The average molecular weight is 407 g/mol. The SMILES string of the molecule is COC(=O)c1ccc([C@@H]2CC(=O)Nc3c2sc(C(=O)O)c3-c2ccccc2)cc1. The van der Waals surface area contributed by atoms with Crippen molar-refractivity contribution in [3.8, 4) is 11.1 Å². The summed E-state index contributed by atoms with van der Waals surface area (Å²) in [7, 11) is 1.32. The number of amides is 1. The van der Waals surface area contributed by atoms with Crippen molar-refractivity contribution in [1.82, 2.24) is 0 Å². The lowest BCUT2D eigenvalue weighted by Crippen LogP contribution is -2.22. The van der Waals surface area contributed by atoms with Crippen LogP contribution in [0.15, 0.2) is 54.6 Å². The molecule has 2 aromatic carbocycles. The average Bonchev–Trinajstić information content (AvgIpc) is 3.13. The Labute approximate surface area is 170 Å². The lowest BCUT2D eigenvalue weighted by atomic mass is 9.88. The summed E-state index contributed by atoms with van der Waals surface area (Å²) in [6, 6.07) is 16.0. The molecule has 2 heterocycles. The van der Waals surface area contributed by atoms with Crippen molar-refractivity contribution in [1.29, 1.82) is 0 Å². The van der Waals surface area contributed by atoms with Crippen LogP contribution < -0.4 is 5.32 Å². The minimum Gasteiger partial charge on any atom is -0.477 e. The molecule has 7 heteroatoms. The first-order chi connectivity index (χ1) is 14.0. The number of carboxylic acids is 1. The predicted molar refractivity (Wildman–Crippen MR) is 110 cm³/mol. The van der Waals surface area contributed by atoms with Gasteiger partial charge in [0.2, 0.25) is 5.91 Å². The van der Waals surface area contributed by atoms with E-state index in [1.807, 2.05) is 30.3 Å². The predicted octanol–water partition coefficient (Wildman–Crippen LogP) is 4.37. The van der Waals surface area contributed by atoms with Gasteiger partial charge >= 0.3 is 11.9 Å². The Balaban J connectivity index is 1.84. The lowest BCUT2D eigenvalue weighted by Gasteiger charge is -2.24. The summed E-state index contributed by atoms with van der Waals surface area (Å²) in [5.74, 6) is -1.93. The molecule has 0 saturated carbocycles. The molecule has 0 fully saturated rings. The molecule has 1 aromatic heterocycles. The highest BCUT2D eigenvalue weighted by Gasteiger charge is 2.34. The van der Waals surface area contributed by atoms with Crippen molar-refractivity contribution >= 4 is 34.9 Å². The maximum atomic E-state index is 12.5. The van der Waals surface area contributed by atoms with Crippen LogP contribution >= 0.6 is 11.3 Å². The van der Waals surface area contributed by atoms with E-state index in [2.05, 4.69) is 5.32 Å². The number of ether oxygens (including phenoxy) is 1. The molecule has 2 N–H and O–H groups in total. The van der Waals surface area contributed by atoms with E-state index >= 15 is 0 Å².